The smallest absolute Gasteiger partial charge is 0.227 e. The Labute approximate surface area is 180 Å². The average molecular weight is 416 g/mol. The first-order valence-corrected chi connectivity index (χ1v) is 10.5. The third kappa shape index (κ3) is 3.48. The number of halogens is 1. The number of para-hydroxylation sites is 2. The minimum atomic E-state index is 0.0467. The molecule has 0 aliphatic carbocycles. The van der Waals surface area contributed by atoms with Gasteiger partial charge in [0.15, 0.2) is 0 Å². The summed E-state index contributed by atoms with van der Waals surface area (Å²) in [4.78, 5) is 19.7. The van der Waals surface area contributed by atoms with Crippen molar-refractivity contribution in [1.29, 1.82) is 0 Å². The maximum absolute atomic E-state index is 12.8. The van der Waals surface area contributed by atoms with Crippen LogP contribution in [0.15, 0.2) is 72.8 Å². The Morgan fingerprint density at radius 2 is 1.83 bits per heavy atom. The van der Waals surface area contributed by atoms with Crippen LogP contribution in [0.3, 0.4) is 0 Å². The van der Waals surface area contributed by atoms with E-state index < -0.39 is 0 Å². The molecule has 1 aliphatic rings. The number of imidazole rings is 1. The van der Waals surface area contributed by atoms with Crippen molar-refractivity contribution in [3.05, 3.63) is 94.8 Å². The molecule has 0 radical (unpaired) electrons. The van der Waals surface area contributed by atoms with Gasteiger partial charge in [-0.2, -0.15) is 0 Å². The molecule has 1 atom stereocenters. The second-order valence-corrected chi connectivity index (χ2v) is 8.35. The molecule has 1 aromatic heterocycles. The second kappa shape index (κ2) is 7.62. The SMILES string of the molecule is Cc1ccc(N2C[C@H](c3nc4ccccc4n3Cc3cccc(Cl)c3)CC2=O)cc1. The van der Waals surface area contributed by atoms with Gasteiger partial charge >= 0.3 is 0 Å². The fraction of sp³-hybridized carbons (Fsp3) is 0.200. The van der Waals surface area contributed by atoms with Crippen molar-refractivity contribution in [2.24, 2.45) is 0 Å². The fourth-order valence-corrected chi connectivity index (χ4v) is 4.46. The van der Waals surface area contributed by atoms with Gasteiger partial charge in [0.25, 0.3) is 0 Å². The van der Waals surface area contributed by atoms with E-state index in [0.29, 0.717) is 19.5 Å². The summed E-state index contributed by atoms with van der Waals surface area (Å²) in [7, 11) is 0. The van der Waals surface area contributed by atoms with Crippen LogP contribution in [0.25, 0.3) is 11.0 Å². The predicted molar refractivity (Wildman–Crippen MR) is 121 cm³/mol. The van der Waals surface area contributed by atoms with E-state index in [9.17, 15) is 4.79 Å². The van der Waals surface area contributed by atoms with Crippen molar-refractivity contribution in [2.45, 2.75) is 25.8 Å². The lowest BCUT2D eigenvalue weighted by Crippen LogP contribution is -2.24. The van der Waals surface area contributed by atoms with E-state index in [0.717, 1.165) is 33.1 Å². The highest BCUT2D eigenvalue weighted by molar-refractivity contribution is 6.30. The zero-order valence-electron chi connectivity index (χ0n) is 16.8. The highest BCUT2D eigenvalue weighted by Crippen LogP contribution is 2.33. The van der Waals surface area contributed by atoms with Crippen molar-refractivity contribution in [3.63, 3.8) is 0 Å². The van der Waals surface area contributed by atoms with E-state index in [4.69, 9.17) is 16.6 Å². The topological polar surface area (TPSA) is 38.1 Å². The number of hydrogen-bond acceptors (Lipinski definition) is 2. The summed E-state index contributed by atoms with van der Waals surface area (Å²) >= 11 is 6.21. The molecule has 0 N–H and O–H groups in total. The standard InChI is InChI=1S/C25H22ClN3O/c1-17-9-11-21(12-10-17)28-16-19(14-24(28)30)25-27-22-7-2-3-8-23(22)29(25)15-18-5-4-6-20(26)13-18/h2-13,19H,14-16H2,1H3/t19-/m1/s1. The van der Waals surface area contributed by atoms with Crippen LogP contribution in [-0.2, 0) is 11.3 Å². The number of rotatable bonds is 4. The van der Waals surface area contributed by atoms with Gasteiger partial charge in [0.1, 0.15) is 5.82 Å². The van der Waals surface area contributed by atoms with Gasteiger partial charge in [-0.05, 0) is 48.9 Å². The molecule has 0 unspecified atom stereocenters. The van der Waals surface area contributed by atoms with E-state index in [1.807, 2.05) is 65.6 Å². The maximum atomic E-state index is 12.8. The minimum absolute atomic E-state index is 0.0467. The molecule has 5 rings (SSSR count). The van der Waals surface area contributed by atoms with Gasteiger partial charge < -0.3 is 9.47 Å². The lowest BCUT2D eigenvalue weighted by molar-refractivity contribution is -0.117. The maximum Gasteiger partial charge on any atom is 0.227 e. The van der Waals surface area contributed by atoms with Gasteiger partial charge in [0.2, 0.25) is 5.91 Å². The Morgan fingerprint density at radius 3 is 2.63 bits per heavy atom. The summed E-state index contributed by atoms with van der Waals surface area (Å²) in [6.07, 6.45) is 0.465. The molecule has 0 bridgehead atoms. The molecule has 4 aromatic rings. The first-order valence-electron chi connectivity index (χ1n) is 10.1. The average Bonchev–Trinajstić information content (AvgIpc) is 3.30. The van der Waals surface area contributed by atoms with Crippen LogP contribution in [0.2, 0.25) is 5.02 Å². The van der Waals surface area contributed by atoms with Gasteiger partial charge in [0.05, 0.1) is 11.0 Å². The van der Waals surface area contributed by atoms with Crippen LogP contribution in [0.1, 0.15) is 29.3 Å². The summed E-state index contributed by atoms with van der Waals surface area (Å²) in [5.74, 6) is 1.15. The van der Waals surface area contributed by atoms with Gasteiger partial charge in [-0.1, -0.05) is 53.6 Å². The molecule has 2 heterocycles. The minimum Gasteiger partial charge on any atom is -0.323 e. The number of hydrogen-bond donors (Lipinski definition) is 0. The zero-order valence-corrected chi connectivity index (χ0v) is 17.5. The Bertz CT molecular complexity index is 1230. The van der Waals surface area contributed by atoms with Crippen LogP contribution >= 0.6 is 11.6 Å². The number of benzene rings is 3. The number of carbonyl (C=O) groups excluding carboxylic acids is 1. The normalized spacial score (nSPS) is 16.5. The number of carbonyl (C=O) groups is 1. The first kappa shape index (κ1) is 18.9. The van der Waals surface area contributed by atoms with Crippen LogP contribution in [0.5, 0.6) is 0 Å². The number of nitrogens with zero attached hydrogens (tertiary/aromatic N) is 3. The van der Waals surface area contributed by atoms with Crippen molar-refractivity contribution in [1.82, 2.24) is 9.55 Å². The molecule has 150 valence electrons. The predicted octanol–water partition coefficient (Wildman–Crippen LogP) is 5.57. The van der Waals surface area contributed by atoms with Gasteiger partial charge in [-0.25, -0.2) is 4.98 Å². The lowest BCUT2D eigenvalue weighted by Gasteiger charge is -2.18. The lowest BCUT2D eigenvalue weighted by atomic mass is 10.1. The van der Waals surface area contributed by atoms with E-state index in [-0.39, 0.29) is 11.8 Å². The van der Waals surface area contributed by atoms with Gasteiger partial charge in [-0.15, -0.1) is 0 Å². The third-order valence-corrected chi connectivity index (χ3v) is 5.98. The van der Waals surface area contributed by atoms with E-state index >= 15 is 0 Å². The van der Waals surface area contributed by atoms with Crippen LogP contribution in [0, 0.1) is 6.92 Å². The van der Waals surface area contributed by atoms with Crippen LogP contribution in [-0.4, -0.2) is 22.0 Å². The summed E-state index contributed by atoms with van der Waals surface area (Å²) in [5, 5.41) is 0.722. The molecule has 1 aliphatic heterocycles. The molecule has 1 amide bonds. The molecule has 1 saturated heterocycles. The summed E-state index contributed by atoms with van der Waals surface area (Å²) in [6, 6.07) is 24.2. The van der Waals surface area contributed by atoms with E-state index in [1.165, 1.54) is 5.56 Å². The first-order chi connectivity index (χ1) is 14.6. The Balaban J connectivity index is 1.52. The fourth-order valence-electron chi connectivity index (χ4n) is 4.24. The third-order valence-electron chi connectivity index (χ3n) is 5.75. The number of aromatic nitrogens is 2. The number of amides is 1. The summed E-state index contributed by atoms with van der Waals surface area (Å²) in [6.45, 7) is 3.36. The Hall–Kier alpha value is -3.11. The zero-order chi connectivity index (χ0) is 20.7. The largest absolute Gasteiger partial charge is 0.323 e. The number of fused-ring (bicyclic) bond motifs is 1. The summed E-state index contributed by atoms with van der Waals surface area (Å²) in [5.41, 5.74) is 5.28. The van der Waals surface area contributed by atoms with Gasteiger partial charge in [0, 0.05) is 36.1 Å². The Kier molecular flexibility index (Phi) is 4.80. The Morgan fingerprint density at radius 1 is 1.03 bits per heavy atom. The molecule has 5 heteroatoms. The highest BCUT2D eigenvalue weighted by atomic mass is 35.5. The molecular formula is C25H22ClN3O. The highest BCUT2D eigenvalue weighted by Gasteiger charge is 2.34. The van der Waals surface area contributed by atoms with Crippen molar-refractivity contribution in [2.75, 3.05) is 11.4 Å². The van der Waals surface area contributed by atoms with Crippen molar-refractivity contribution in [3.8, 4) is 0 Å². The van der Waals surface area contributed by atoms with Crippen molar-refractivity contribution < 1.29 is 4.79 Å². The molecular weight excluding hydrogens is 394 g/mol. The van der Waals surface area contributed by atoms with Gasteiger partial charge in [-0.3, -0.25) is 4.79 Å². The monoisotopic (exact) mass is 415 g/mol. The number of aryl methyl sites for hydroxylation is 1. The van der Waals surface area contributed by atoms with E-state index in [1.54, 1.807) is 0 Å². The molecule has 0 saturated carbocycles. The van der Waals surface area contributed by atoms with Crippen molar-refractivity contribution >= 4 is 34.2 Å². The molecule has 30 heavy (non-hydrogen) atoms. The van der Waals surface area contributed by atoms with E-state index in [2.05, 4.69) is 23.6 Å². The number of anilines is 1. The summed E-state index contributed by atoms with van der Waals surface area (Å²) < 4.78 is 2.23. The second-order valence-electron chi connectivity index (χ2n) is 7.92. The molecule has 3 aromatic carbocycles. The van der Waals surface area contributed by atoms with Crippen LogP contribution in [0.4, 0.5) is 5.69 Å². The molecule has 1 fully saturated rings. The molecule has 4 nitrogen and oxygen atoms in total. The quantitative estimate of drug-likeness (QED) is 0.437. The molecule has 0 spiro atoms. The van der Waals surface area contributed by atoms with Crippen LogP contribution < -0.4 is 4.90 Å².